The molecule has 1 heterocycles. The second-order valence-electron chi connectivity index (χ2n) is 2.15. The number of rotatable bonds is 1. The maximum atomic E-state index is 5.58. The topological polar surface area (TPSA) is 12.9 Å². The van der Waals surface area contributed by atoms with Crippen molar-refractivity contribution in [2.24, 2.45) is 0 Å². The minimum absolute atomic E-state index is 0.519. The summed E-state index contributed by atoms with van der Waals surface area (Å²) in [4.78, 5) is 3.90. The van der Waals surface area contributed by atoms with Crippen LogP contribution >= 0.6 is 11.6 Å². The van der Waals surface area contributed by atoms with Crippen LogP contribution in [0.2, 0.25) is 5.15 Å². The first-order valence-corrected chi connectivity index (χ1v) is 3.85. The third kappa shape index (κ3) is 3.35. The van der Waals surface area contributed by atoms with Crippen molar-refractivity contribution in [1.29, 1.82) is 0 Å². The monoisotopic (exact) mass is 181 g/mol. The Hall–Kier alpha value is -1.08. The molecule has 0 saturated heterocycles. The van der Waals surface area contributed by atoms with Gasteiger partial charge in [-0.25, -0.2) is 4.98 Å². The van der Waals surface area contributed by atoms with Crippen molar-refractivity contribution in [1.82, 2.24) is 4.98 Å². The molecule has 0 saturated carbocycles. The summed E-state index contributed by atoms with van der Waals surface area (Å²) < 4.78 is 0. The highest BCUT2D eigenvalue weighted by atomic mass is 35.5. The summed E-state index contributed by atoms with van der Waals surface area (Å²) in [5, 5.41) is 0.519. The van der Waals surface area contributed by atoms with Crippen LogP contribution in [0, 0.1) is 0 Å². The molecule has 0 aliphatic rings. The van der Waals surface area contributed by atoms with Crippen LogP contribution < -0.4 is 0 Å². The molecule has 0 amide bonds. The van der Waals surface area contributed by atoms with Crippen molar-refractivity contribution in [3.05, 3.63) is 48.8 Å². The molecule has 0 aliphatic heterocycles. The van der Waals surface area contributed by atoms with E-state index in [1.54, 1.807) is 12.3 Å². The molecule has 0 atom stereocenters. The Morgan fingerprint density at radius 2 is 2.00 bits per heavy atom. The van der Waals surface area contributed by atoms with Gasteiger partial charge in [-0.2, -0.15) is 0 Å². The quantitative estimate of drug-likeness (QED) is 0.477. The van der Waals surface area contributed by atoms with Crippen molar-refractivity contribution >= 4 is 17.2 Å². The van der Waals surface area contributed by atoms with E-state index in [0.717, 1.165) is 11.1 Å². The molecule has 0 aromatic carbocycles. The Balaban J connectivity index is 0.000000561. The average molecular weight is 182 g/mol. The van der Waals surface area contributed by atoms with Crippen molar-refractivity contribution < 1.29 is 0 Å². The van der Waals surface area contributed by atoms with Gasteiger partial charge in [0.2, 0.25) is 0 Å². The molecule has 2 heteroatoms. The fourth-order valence-corrected chi connectivity index (χ4v) is 0.740. The normalized spacial score (nSPS) is 8.17. The third-order valence-electron chi connectivity index (χ3n) is 1.22. The van der Waals surface area contributed by atoms with Gasteiger partial charge in [0.05, 0.1) is 0 Å². The number of nitrogens with zero attached hydrogens (tertiary/aromatic N) is 1. The number of allylic oxidation sites excluding steroid dienone is 1. The lowest BCUT2D eigenvalue weighted by molar-refractivity contribution is 1.31. The Labute approximate surface area is 78.4 Å². The smallest absolute Gasteiger partial charge is 0.129 e. The van der Waals surface area contributed by atoms with E-state index >= 15 is 0 Å². The SMILES string of the molecule is C=C.C=C(C)c1ccc(Cl)nc1. The van der Waals surface area contributed by atoms with Crippen molar-refractivity contribution in [2.45, 2.75) is 6.92 Å². The third-order valence-corrected chi connectivity index (χ3v) is 1.44. The Kier molecular flexibility index (Phi) is 5.06. The van der Waals surface area contributed by atoms with Gasteiger partial charge in [-0.15, -0.1) is 13.2 Å². The fraction of sp³-hybridized carbons (Fsp3) is 0.100. The van der Waals surface area contributed by atoms with Crippen LogP contribution in [-0.4, -0.2) is 4.98 Å². The summed E-state index contributed by atoms with van der Waals surface area (Å²) >= 11 is 5.58. The van der Waals surface area contributed by atoms with Crippen molar-refractivity contribution in [2.75, 3.05) is 0 Å². The van der Waals surface area contributed by atoms with Gasteiger partial charge in [-0.1, -0.05) is 24.2 Å². The highest BCUT2D eigenvalue weighted by Gasteiger charge is 1.91. The van der Waals surface area contributed by atoms with E-state index in [1.165, 1.54) is 0 Å². The highest BCUT2D eigenvalue weighted by molar-refractivity contribution is 6.29. The Bertz CT molecular complexity index is 251. The molecule has 12 heavy (non-hydrogen) atoms. The van der Waals surface area contributed by atoms with Crippen LogP contribution in [0.25, 0.3) is 5.57 Å². The first-order valence-electron chi connectivity index (χ1n) is 3.47. The van der Waals surface area contributed by atoms with Gasteiger partial charge in [-0.05, 0) is 24.1 Å². The summed E-state index contributed by atoms with van der Waals surface area (Å²) in [6.45, 7) is 11.7. The Morgan fingerprint density at radius 3 is 2.33 bits per heavy atom. The maximum Gasteiger partial charge on any atom is 0.129 e. The number of halogens is 1. The van der Waals surface area contributed by atoms with Gasteiger partial charge in [0, 0.05) is 6.20 Å². The summed E-state index contributed by atoms with van der Waals surface area (Å²) in [5.41, 5.74) is 2.04. The molecule has 1 rings (SSSR count). The lowest BCUT2D eigenvalue weighted by atomic mass is 10.2. The molecule has 0 unspecified atom stereocenters. The Morgan fingerprint density at radius 1 is 1.42 bits per heavy atom. The molecule has 1 aromatic heterocycles. The van der Waals surface area contributed by atoms with Gasteiger partial charge in [0.25, 0.3) is 0 Å². The molecule has 0 spiro atoms. The molecule has 0 N–H and O–H groups in total. The zero-order valence-corrected chi connectivity index (χ0v) is 7.93. The minimum atomic E-state index is 0.519. The van der Waals surface area contributed by atoms with Crippen LogP contribution in [0.3, 0.4) is 0 Å². The first kappa shape index (κ1) is 10.9. The van der Waals surface area contributed by atoms with Crippen LogP contribution in [0.1, 0.15) is 12.5 Å². The van der Waals surface area contributed by atoms with Crippen LogP contribution in [0.5, 0.6) is 0 Å². The van der Waals surface area contributed by atoms with E-state index in [1.807, 2.05) is 13.0 Å². The molecular weight excluding hydrogens is 170 g/mol. The molecule has 0 fully saturated rings. The van der Waals surface area contributed by atoms with Gasteiger partial charge in [0.1, 0.15) is 5.15 Å². The highest BCUT2D eigenvalue weighted by Crippen LogP contribution is 2.11. The van der Waals surface area contributed by atoms with E-state index in [0.29, 0.717) is 5.15 Å². The van der Waals surface area contributed by atoms with Crippen molar-refractivity contribution in [3.8, 4) is 0 Å². The van der Waals surface area contributed by atoms with Gasteiger partial charge in [0.15, 0.2) is 0 Å². The lowest BCUT2D eigenvalue weighted by Crippen LogP contribution is -1.79. The second kappa shape index (κ2) is 5.56. The fourth-order valence-electron chi connectivity index (χ4n) is 0.628. The van der Waals surface area contributed by atoms with Gasteiger partial charge >= 0.3 is 0 Å². The summed E-state index contributed by atoms with van der Waals surface area (Å²) in [7, 11) is 0. The lowest BCUT2D eigenvalue weighted by Gasteiger charge is -1.96. The van der Waals surface area contributed by atoms with E-state index in [9.17, 15) is 0 Å². The van der Waals surface area contributed by atoms with Crippen LogP contribution in [0.15, 0.2) is 38.1 Å². The summed E-state index contributed by atoms with van der Waals surface area (Å²) in [6, 6.07) is 3.66. The summed E-state index contributed by atoms with van der Waals surface area (Å²) in [6.07, 6.45) is 1.71. The van der Waals surface area contributed by atoms with Crippen LogP contribution in [-0.2, 0) is 0 Å². The molecule has 1 nitrogen and oxygen atoms in total. The first-order chi connectivity index (χ1) is 5.70. The van der Waals surface area contributed by atoms with Gasteiger partial charge < -0.3 is 0 Å². The standard InChI is InChI=1S/C8H8ClN.C2H4/c1-6(2)7-3-4-8(9)10-5-7;1-2/h3-5H,1H2,2H3;1-2H2. The molecule has 0 aliphatic carbocycles. The summed E-state index contributed by atoms with van der Waals surface area (Å²) in [5.74, 6) is 0. The zero-order valence-electron chi connectivity index (χ0n) is 7.18. The van der Waals surface area contributed by atoms with E-state index in [4.69, 9.17) is 11.6 Å². The largest absolute Gasteiger partial charge is 0.244 e. The molecular formula is C10H12ClN. The predicted molar refractivity (Wildman–Crippen MR) is 55.2 cm³/mol. The maximum absolute atomic E-state index is 5.58. The van der Waals surface area contributed by atoms with Crippen molar-refractivity contribution in [3.63, 3.8) is 0 Å². The number of pyridine rings is 1. The molecule has 0 bridgehead atoms. The minimum Gasteiger partial charge on any atom is -0.244 e. The predicted octanol–water partition coefficient (Wildman–Crippen LogP) is 3.57. The average Bonchev–Trinajstić information content (AvgIpc) is 2.09. The molecule has 64 valence electrons. The zero-order chi connectivity index (χ0) is 9.56. The van der Waals surface area contributed by atoms with E-state index in [2.05, 4.69) is 24.7 Å². The number of aromatic nitrogens is 1. The second-order valence-corrected chi connectivity index (χ2v) is 2.54. The van der Waals surface area contributed by atoms with Gasteiger partial charge in [-0.3, -0.25) is 0 Å². The molecule has 1 aromatic rings. The van der Waals surface area contributed by atoms with E-state index < -0.39 is 0 Å². The van der Waals surface area contributed by atoms with E-state index in [-0.39, 0.29) is 0 Å². The number of hydrogen-bond acceptors (Lipinski definition) is 1. The van der Waals surface area contributed by atoms with Crippen LogP contribution in [0.4, 0.5) is 0 Å². The number of hydrogen-bond donors (Lipinski definition) is 0. The molecule has 0 radical (unpaired) electrons.